The van der Waals surface area contributed by atoms with Crippen LogP contribution in [0.25, 0.3) is 0 Å². The largest absolute Gasteiger partial charge is 0.465 e. The van der Waals surface area contributed by atoms with E-state index >= 15 is 0 Å². The van der Waals surface area contributed by atoms with Gasteiger partial charge in [-0.15, -0.1) is 0 Å². The SMILES string of the molecule is COC(=O)c1cccc(S(=O)(=O)N2C[C@@]3(C)C[C@@H]2CC(C)(C)C3)c1. The molecule has 6 heteroatoms. The molecule has 0 aromatic heterocycles. The van der Waals surface area contributed by atoms with Crippen LogP contribution in [0.15, 0.2) is 29.2 Å². The summed E-state index contributed by atoms with van der Waals surface area (Å²) in [7, 11) is -2.33. The van der Waals surface area contributed by atoms with Gasteiger partial charge in [0.1, 0.15) is 0 Å². The van der Waals surface area contributed by atoms with Crippen LogP contribution in [0.3, 0.4) is 0 Å². The zero-order valence-electron chi connectivity index (χ0n) is 14.7. The van der Waals surface area contributed by atoms with E-state index in [1.54, 1.807) is 22.5 Å². The average molecular weight is 351 g/mol. The minimum absolute atomic E-state index is 0.0272. The van der Waals surface area contributed by atoms with E-state index in [1.807, 2.05) is 0 Å². The number of esters is 1. The van der Waals surface area contributed by atoms with Crippen molar-refractivity contribution in [1.29, 1.82) is 0 Å². The van der Waals surface area contributed by atoms with E-state index in [0.29, 0.717) is 6.54 Å². The lowest BCUT2D eigenvalue weighted by molar-refractivity contribution is 0.0600. The Bertz CT molecular complexity index is 771. The maximum absolute atomic E-state index is 13.2. The molecule has 1 aliphatic carbocycles. The van der Waals surface area contributed by atoms with E-state index in [0.717, 1.165) is 19.3 Å². The molecule has 1 aliphatic heterocycles. The van der Waals surface area contributed by atoms with Crippen molar-refractivity contribution < 1.29 is 17.9 Å². The van der Waals surface area contributed by atoms with Gasteiger partial charge < -0.3 is 4.74 Å². The van der Waals surface area contributed by atoms with Crippen molar-refractivity contribution >= 4 is 16.0 Å². The van der Waals surface area contributed by atoms with Gasteiger partial charge in [-0.1, -0.05) is 26.8 Å². The fraction of sp³-hybridized carbons (Fsp3) is 0.611. The van der Waals surface area contributed by atoms with Crippen LogP contribution >= 0.6 is 0 Å². The molecule has 1 saturated heterocycles. The second kappa shape index (κ2) is 5.56. The molecule has 2 aliphatic rings. The van der Waals surface area contributed by atoms with Gasteiger partial charge in [-0.3, -0.25) is 0 Å². The summed E-state index contributed by atoms with van der Waals surface area (Å²) in [5.41, 5.74) is 0.433. The van der Waals surface area contributed by atoms with E-state index in [4.69, 9.17) is 4.74 Å². The molecule has 132 valence electrons. The highest BCUT2D eigenvalue weighted by Gasteiger charge is 2.53. The zero-order valence-corrected chi connectivity index (χ0v) is 15.5. The number of sulfonamides is 1. The molecule has 0 spiro atoms. The molecule has 1 aromatic carbocycles. The lowest BCUT2D eigenvalue weighted by Crippen LogP contribution is -2.37. The standard InChI is InChI=1S/C18H25NO4S/c1-17(2)9-14-10-18(3,11-17)12-19(14)24(21,22)15-7-5-6-13(8-15)16(20)23-4/h5-8,14H,9-12H2,1-4H3/t14-,18-/m0/s1. The molecule has 1 aromatic rings. The number of nitrogens with zero attached hydrogens (tertiary/aromatic N) is 1. The summed E-state index contributed by atoms with van der Waals surface area (Å²) in [4.78, 5) is 11.9. The fourth-order valence-electron chi connectivity index (χ4n) is 4.73. The number of carbonyl (C=O) groups excluding carboxylic acids is 1. The van der Waals surface area contributed by atoms with Crippen molar-refractivity contribution in [3.63, 3.8) is 0 Å². The Balaban J connectivity index is 1.96. The second-order valence-electron chi connectivity index (χ2n) is 8.28. The van der Waals surface area contributed by atoms with Gasteiger partial charge in [0.15, 0.2) is 0 Å². The maximum Gasteiger partial charge on any atom is 0.337 e. The van der Waals surface area contributed by atoms with Crippen LogP contribution in [-0.2, 0) is 14.8 Å². The van der Waals surface area contributed by atoms with Gasteiger partial charge in [0.05, 0.1) is 17.6 Å². The fourth-order valence-corrected chi connectivity index (χ4v) is 6.55. The third-order valence-corrected chi connectivity index (χ3v) is 7.12. The summed E-state index contributed by atoms with van der Waals surface area (Å²) in [6.45, 7) is 7.16. The highest BCUT2D eigenvalue weighted by atomic mass is 32.2. The molecule has 2 bridgehead atoms. The van der Waals surface area contributed by atoms with Gasteiger partial charge in [-0.25, -0.2) is 13.2 Å². The number of hydrogen-bond donors (Lipinski definition) is 0. The van der Waals surface area contributed by atoms with E-state index in [2.05, 4.69) is 20.8 Å². The summed E-state index contributed by atoms with van der Waals surface area (Å²) >= 11 is 0. The number of methoxy groups -OCH3 is 1. The quantitative estimate of drug-likeness (QED) is 0.785. The van der Waals surface area contributed by atoms with Gasteiger partial charge in [0, 0.05) is 12.6 Å². The molecule has 0 unspecified atom stereocenters. The molecule has 24 heavy (non-hydrogen) atoms. The lowest BCUT2D eigenvalue weighted by Gasteiger charge is -2.39. The maximum atomic E-state index is 13.2. The van der Waals surface area contributed by atoms with Crippen LogP contribution in [-0.4, -0.2) is 38.4 Å². The molecule has 0 radical (unpaired) electrons. The van der Waals surface area contributed by atoms with Crippen molar-refractivity contribution in [3.8, 4) is 0 Å². The summed E-state index contributed by atoms with van der Waals surface area (Å²) in [5.74, 6) is -0.527. The highest BCUT2D eigenvalue weighted by molar-refractivity contribution is 7.89. The topological polar surface area (TPSA) is 63.7 Å². The minimum Gasteiger partial charge on any atom is -0.465 e. The third kappa shape index (κ3) is 2.97. The Morgan fingerprint density at radius 3 is 2.62 bits per heavy atom. The van der Waals surface area contributed by atoms with E-state index in [1.165, 1.54) is 13.2 Å². The minimum atomic E-state index is -3.62. The van der Waals surface area contributed by atoms with Gasteiger partial charge in [0.25, 0.3) is 0 Å². The smallest absolute Gasteiger partial charge is 0.337 e. The Morgan fingerprint density at radius 2 is 1.96 bits per heavy atom. The first kappa shape index (κ1) is 17.4. The van der Waals surface area contributed by atoms with Gasteiger partial charge in [-0.2, -0.15) is 4.31 Å². The van der Waals surface area contributed by atoms with Gasteiger partial charge in [0.2, 0.25) is 10.0 Å². The van der Waals surface area contributed by atoms with Crippen LogP contribution in [0, 0.1) is 10.8 Å². The molecule has 5 nitrogen and oxygen atoms in total. The van der Waals surface area contributed by atoms with Crippen molar-refractivity contribution in [2.45, 2.75) is 51.0 Å². The first-order valence-electron chi connectivity index (χ1n) is 8.27. The molecule has 0 amide bonds. The predicted octanol–water partition coefficient (Wildman–Crippen LogP) is 3.06. The highest BCUT2D eigenvalue weighted by Crippen LogP contribution is 2.53. The van der Waals surface area contributed by atoms with Crippen molar-refractivity contribution in [2.24, 2.45) is 10.8 Å². The summed E-state index contributed by atoms with van der Waals surface area (Å²) in [6.07, 6.45) is 2.82. The van der Waals surface area contributed by atoms with Crippen LogP contribution < -0.4 is 0 Å². The summed E-state index contributed by atoms with van der Waals surface area (Å²) in [5, 5.41) is 0. The van der Waals surface area contributed by atoms with E-state index < -0.39 is 16.0 Å². The van der Waals surface area contributed by atoms with Crippen molar-refractivity contribution in [3.05, 3.63) is 29.8 Å². The predicted molar refractivity (Wildman–Crippen MR) is 91.2 cm³/mol. The number of ether oxygens (including phenoxy) is 1. The van der Waals surface area contributed by atoms with Crippen molar-refractivity contribution in [1.82, 2.24) is 4.31 Å². The van der Waals surface area contributed by atoms with E-state index in [-0.39, 0.29) is 27.3 Å². The molecule has 2 fully saturated rings. The number of benzene rings is 1. The summed E-state index contributed by atoms with van der Waals surface area (Å²) in [6, 6.07) is 6.16. The second-order valence-corrected chi connectivity index (χ2v) is 10.2. The molecule has 3 rings (SSSR count). The molecule has 2 atom stereocenters. The molecule has 0 N–H and O–H groups in total. The Hall–Kier alpha value is -1.40. The molecule has 1 heterocycles. The first-order chi connectivity index (χ1) is 11.1. The Labute approximate surface area is 144 Å². The third-order valence-electron chi connectivity index (χ3n) is 5.23. The number of carbonyl (C=O) groups is 1. The monoisotopic (exact) mass is 351 g/mol. The molecular weight excluding hydrogens is 326 g/mol. The van der Waals surface area contributed by atoms with Gasteiger partial charge in [-0.05, 0) is 48.3 Å². The zero-order chi connectivity index (χ0) is 17.8. The molecule has 1 saturated carbocycles. The van der Waals surface area contributed by atoms with Crippen molar-refractivity contribution in [2.75, 3.05) is 13.7 Å². The summed E-state index contributed by atoms with van der Waals surface area (Å²) < 4.78 is 32.7. The normalized spacial score (nSPS) is 29.4. The van der Waals surface area contributed by atoms with Crippen LogP contribution in [0.2, 0.25) is 0 Å². The van der Waals surface area contributed by atoms with Crippen LogP contribution in [0.1, 0.15) is 50.4 Å². The van der Waals surface area contributed by atoms with Gasteiger partial charge >= 0.3 is 5.97 Å². The van der Waals surface area contributed by atoms with E-state index in [9.17, 15) is 13.2 Å². The average Bonchev–Trinajstić information content (AvgIpc) is 2.76. The Morgan fingerprint density at radius 1 is 1.25 bits per heavy atom. The Kier molecular flexibility index (Phi) is 4.04. The molecular formula is C18H25NO4S. The number of hydrogen-bond acceptors (Lipinski definition) is 4. The number of rotatable bonds is 3. The van der Waals surface area contributed by atoms with Crippen LogP contribution in [0.4, 0.5) is 0 Å². The van der Waals surface area contributed by atoms with Crippen LogP contribution in [0.5, 0.6) is 0 Å². The first-order valence-corrected chi connectivity index (χ1v) is 9.71. The number of fused-ring (bicyclic) bond motifs is 2. The lowest BCUT2D eigenvalue weighted by atomic mass is 9.65.